The SMILES string of the molecule is O=C(O)Cn1c2c(c3ccccc31)CC(C(=O)OCc1ccccc1)CC2. The van der Waals surface area contributed by atoms with Gasteiger partial charge in [-0.25, -0.2) is 0 Å². The van der Waals surface area contributed by atoms with Crippen LogP contribution in [-0.2, 0) is 40.3 Å². The van der Waals surface area contributed by atoms with Crippen molar-refractivity contribution < 1.29 is 19.4 Å². The van der Waals surface area contributed by atoms with Gasteiger partial charge in [-0.1, -0.05) is 48.5 Å². The summed E-state index contributed by atoms with van der Waals surface area (Å²) in [7, 11) is 0. The Bertz CT molecular complexity index is 990. The van der Waals surface area contributed by atoms with E-state index in [0.717, 1.165) is 27.7 Å². The monoisotopic (exact) mass is 363 g/mol. The quantitative estimate of drug-likeness (QED) is 0.704. The zero-order valence-electron chi connectivity index (χ0n) is 14.9. The smallest absolute Gasteiger partial charge is 0.323 e. The molecule has 1 aliphatic rings. The zero-order chi connectivity index (χ0) is 18.8. The summed E-state index contributed by atoms with van der Waals surface area (Å²) in [6, 6.07) is 17.5. The molecule has 0 saturated carbocycles. The van der Waals surface area contributed by atoms with Gasteiger partial charge in [0.25, 0.3) is 0 Å². The third-order valence-electron chi connectivity index (χ3n) is 5.22. The number of hydrogen-bond donors (Lipinski definition) is 1. The maximum absolute atomic E-state index is 12.6. The van der Waals surface area contributed by atoms with Crippen LogP contribution in [0.2, 0.25) is 0 Å². The van der Waals surface area contributed by atoms with Crippen molar-refractivity contribution in [1.29, 1.82) is 0 Å². The van der Waals surface area contributed by atoms with E-state index in [1.54, 1.807) is 0 Å². The van der Waals surface area contributed by atoms with Gasteiger partial charge in [-0.05, 0) is 36.5 Å². The first-order valence-electron chi connectivity index (χ1n) is 9.15. The summed E-state index contributed by atoms with van der Waals surface area (Å²) in [5.41, 5.74) is 4.01. The van der Waals surface area contributed by atoms with Gasteiger partial charge in [0.1, 0.15) is 13.2 Å². The molecule has 3 aromatic rings. The van der Waals surface area contributed by atoms with Gasteiger partial charge in [0.15, 0.2) is 0 Å². The van der Waals surface area contributed by atoms with Crippen molar-refractivity contribution in [2.75, 3.05) is 0 Å². The lowest BCUT2D eigenvalue weighted by Gasteiger charge is -2.22. The maximum Gasteiger partial charge on any atom is 0.323 e. The van der Waals surface area contributed by atoms with E-state index in [9.17, 15) is 14.7 Å². The molecule has 0 saturated heterocycles. The molecule has 0 amide bonds. The summed E-state index contributed by atoms with van der Waals surface area (Å²) in [4.78, 5) is 23.9. The molecule has 138 valence electrons. The van der Waals surface area contributed by atoms with Crippen LogP contribution in [0.1, 0.15) is 23.2 Å². The first kappa shape index (κ1) is 17.3. The van der Waals surface area contributed by atoms with Crippen molar-refractivity contribution in [3.8, 4) is 0 Å². The number of aromatic nitrogens is 1. The predicted octanol–water partition coefficient (Wildman–Crippen LogP) is 3.57. The Balaban J connectivity index is 1.56. The highest BCUT2D eigenvalue weighted by Crippen LogP contribution is 2.35. The van der Waals surface area contributed by atoms with E-state index >= 15 is 0 Å². The van der Waals surface area contributed by atoms with Crippen LogP contribution in [-0.4, -0.2) is 21.6 Å². The van der Waals surface area contributed by atoms with Crippen molar-refractivity contribution in [1.82, 2.24) is 4.57 Å². The second-order valence-corrected chi connectivity index (χ2v) is 6.96. The number of carboxylic acid groups (broad SMARTS) is 1. The molecule has 0 spiro atoms. The van der Waals surface area contributed by atoms with E-state index in [2.05, 4.69) is 0 Å². The summed E-state index contributed by atoms with van der Waals surface area (Å²) in [6.45, 7) is 0.225. The maximum atomic E-state index is 12.6. The van der Waals surface area contributed by atoms with Gasteiger partial charge in [-0.2, -0.15) is 0 Å². The minimum Gasteiger partial charge on any atom is -0.480 e. The molecular weight excluding hydrogens is 342 g/mol. The van der Waals surface area contributed by atoms with Gasteiger partial charge in [-0.15, -0.1) is 0 Å². The Morgan fingerprint density at radius 3 is 2.59 bits per heavy atom. The summed E-state index contributed by atoms with van der Waals surface area (Å²) >= 11 is 0. The Kier molecular flexibility index (Phi) is 4.67. The van der Waals surface area contributed by atoms with E-state index < -0.39 is 5.97 Å². The second kappa shape index (κ2) is 7.27. The molecule has 1 atom stereocenters. The highest BCUT2D eigenvalue weighted by molar-refractivity contribution is 5.88. The van der Waals surface area contributed by atoms with Crippen LogP contribution in [0.15, 0.2) is 54.6 Å². The molecule has 1 unspecified atom stereocenters. The predicted molar refractivity (Wildman–Crippen MR) is 101 cm³/mol. The Morgan fingerprint density at radius 2 is 1.81 bits per heavy atom. The highest BCUT2D eigenvalue weighted by atomic mass is 16.5. The molecule has 1 N–H and O–H groups in total. The molecule has 2 aromatic carbocycles. The summed E-state index contributed by atoms with van der Waals surface area (Å²) < 4.78 is 7.40. The van der Waals surface area contributed by atoms with Crippen molar-refractivity contribution in [2.24, 2.45) is 5.92 Å². The number of hydrogen-bond acceptors (Lipinski definition) is 3. The zero-order valence-corrected chi connectivity index (χ0v) is 14.9. The van der Waals surface area contributed by atoms with Crippen molar-refractivity contribution in [3.63, 3.8) is 0 Å². The van der Waals surface area contributed by atoms with Crippen molar-refractivity contribution >= 4 is 22.8 Å². The second-order valence-electron chi connectivity index (χ2n) is 6.96. The molecule has 0 aliphatic heterocycles. The standard InChI is InChI=1S/C22H21NO4/c24-21(25)13-23-19-9-5-4-8-17(19)18-12-16(10-11-20(18)23)22(26)27-14-15-6-2-1-3-7-15/h1-9,16H,10-14H2,(H,24,25). The minimum absolute atomic E-state index is 0.0566. The first-order chi connectivity index (χ1) is 13.1. The summed E-state index contributed by atoms with van der Waals surface area (Å²) in [5, 5.41) is 10.3. The normalized spacial score (nSPS) is 16.1. The molecule has 1 heterocycles. The van der Waals surface area contributed by atoms with Gasteiger partial charge in [-0.3, -0.25) is 9.59 Å². The molecule has 1 aromatic heterocycles. The largest absolute Gasteiger partial charge is 0.480 e. The van der Waals surface area contributed by atoms with Crippen LogP contribution in [0.25, 0.3) is 10.9 Å². The van der Waals surface area contributed by atoms with Crippen molar-refractivity contribution in [2.45, 2.75) is 32.4 Å². The number of esters is 1. The van der Waals surface area contributed by atoms with Crippen LogP contribution in [0.3, 0.4) is 0 Å². The van der Waals surface area contributed by atoms with Gasteiger partial charge in [0, 0.05) is 16.6 Å². The van der Waals surface area contributed by atoms with Gasteiger partial charge < -0.3 is 14.4 Å². The third kappa shape index (κ3) is 3.45. The third-order valence-corrected chi connectivity index (χ3v) is 5.22. The number of rotatable bonds is 5. The number of carboxylic acids is 1. The number of nitrogens with zero attached hydrogens (tertiary/aromatic N) is 1. The number of para-hydroxylation sites is 1. The van der Waals surface area contributed by atoms with Crippen LogP contribution in [0.4, 0.5) is 0 Å². The topological polar surface area (TPSA) is 68.5 Å². The van der Waals surface area contributed by atoms with Crippen LogP contribution in [0, 0.1) is 5.92 Å². The van der Waals surface area contributed by atoms with E-state index in [1.807, 2.05) is 59.2 Å². The fraction of sp³-hybridized carbons (Fsp3) is 0.273. The van der Waals surface area contributed by atoms with E-state index in [1.165, 1.54) is 0 Å². The molecule has 0 fully saturated rings. The van der Waals surface area contributed by atoms with Crippen molar-refractivity contribution in [3.05, 3.63) is 71.4 Å². The van der Waals surface area contributed by atoms with Gasteiger partial charge in [0.2, 0.25) is 0 Å². The highest BCUT2D eigenvalue weighted by Gasteiger charge is 2.30. The lowest BCUT2D eigenvalue weighted by molar-refractivity contribution is -0.150. The molecule has 4 rings (SSSR count). The molecule has 5 heteroatoms. The fourth-order valence-electron chi connectivity index (χ4n) is 3.96. The molecule has 5 nitrogen and oxygen atoms in total. The van der Waals surface area contributed by atoms with Gasteiger partial charge in [0.05, 0.1) is 5.92 Å². The van der Waals surface area contributed by atoms with E-state index in [0.29, 0.717) is 19.3 Å². The first-order valence-corrected chi connectivity index (χ1v) is 9.15. The average Bonchev–Trinajstić information content (AvgIpc) is 3.00. The number of fused-ring (bicyclic) bond motifs is 3. The fourth-order valence-corrected chi connectivity index (χ4v) is 3.96. The Hall–Kier alpha value is -3.08. The number of ether oxygens (including phenoxy) is 1. The van der Waals surface area contributed by atoms with Gasteiger partial charge >= 0.3 is 11.9 Å². The summed E-state index contributed by atoms with van der Waals surface area (Å²) in [6.07, 6.45) is 1.95. The van der Waals surface area contributed by atoms with E-state index in [-0.39, 0.29) is 25.0 Å². The van der Waals surface area contributed by atoms with E-state index in [4.69, 9.17) is 4.74 Å². The van der Waals surface area contributed by atoms with Crippen LogP contribution in [0.5, 0.6) is 0 Å². The minimum atomic E-state index is -0.858. The van der Waals surface area contributed by atoms with Crippen LogP contribution >= 0.6 is 0 Å². The van der Waals surface area contributed by atoms with Crippen LogP contribution < -0.4 is 0 Å². The number of carbonyl (C=O) groups excluding carboxylic acids is 1. The summed E-state index contributed by atoms with van der Waals surface area (Å²) in [5.74, 6) is -1.23. The number of benzene rings is 2. The molecule has 27 heavy (non-hydrogen) atoms. The average molecular weight is 363 g/mol. The Morgan fingerprint density at radius 1 is 1.07 bits per heavy atom. The molecular formula is C22H21NO4. The molecule has 0 bridgehead atoms. The lowest BCUT2D eigenvalue weighted by atomic mass is 9.86. The Labute approximate surface area is 157 Å². The molecule has 0 radical (unpaired) electrons. The number of carbonyl (C=O) groups is 2. The number of aliphatic carboxylic acids is 1. The molecule has 1 aliphatic carbocycles. The lowest BCUT2D eigenvalue weighted by Crippen LogP contribution is -2.25.